The fourth-order valence-corrected chi connectivity index (χ4v) is 6.12. The van der Waals surface area contributed by atoms with Crippen LogP contribution in [0.25, 0.3) is 0 Å². The van der Waals surface area contributed by atoms with E-state index in [-0.39, 0.29) is 47.6 Å². The van der Waals surface area contributed by atoms with Crippen molar-refractivity contribution >= 4 is 23.5 Å². The Morgan fingerprint density at radius 3 is 2.52 bits per heavy atom. The number of nitrogens with one attached hydrogen (secondary N) is 1. The molecule has 1 aromatic rings. The van der Waals surface area contributed by atoms with Gasteiger partial charge in [0.2, 0.25) is 5.91 Å². The lowest BCUT2D eigenvalue weighted by atomic mass is 9.79. The van der Waals surface area contributed by atoms with Crippen molar-refractivity contribution in [1.82, 2.24) is 4.90 Å². The lowest BCUT2D eigenvalue weighted by Crippen LogP contribution is -2.38. The number of amides is 2. The molecule has 6 nitrogen and oxygen atoms in total. The molecule has 1 saturated heterocycles. The van der Waals surface area contributed by atoms with Gasteiger partial charge in [0.25, 0.3) is 5.91 Å². The molecule has 1 aromatic carbocycles. The van der Waals surface area contributed by atoms with Gasteiger partial charge >= 0.3 is 5.97 Å². The summed E-state index contributed by atoms with van der Waals surface area (Å²) in [4.78, 5) is 39.7. The number of anilines is 1. The van der Waals surface area contributed by atoms with Crippen LogP contribution in [0.15, 0.2) is 24.3 Å². The molecule has 0 spiro atoms. The highest BCUT2D eigenvalue weighted by molar-refractivity contribution is 5.98. The number of benzene rings is 1. The number of ether oxygens (including phenoxy) is 1. The second-order valence-electron chi connectivity index (χ2n) is 9.20. The number of carbonyl (C=O) groups is 3. The fraction of sp³-hybridized carbons (Fsp3) is 0.609. The summed E-state index contributed by atoms with van der Waals surface area (Å²) in [5, 5.41) is 2.96. The standard InChI is InChI=1S/C23H28N2O4/c1-25(16-5-3-2-4-6-16)22(27)13-7-9-15(10-8-13)24-21(26)19-14-11-17-18(12-14)29-23(28)20(17)19/h7-10,14,16-20H,2-6,11-12H2,1H3,(H,24,26)/t14-,17-,18-,19+,20+/m1/s1. The summed E-state index contributed by atoms with van der Waals surface area (Å²) < 4.78 is 5.42. The third kappa shape index (κ3) is 3.13. The van der Waals surface area contributed by atoms with Crippen LogP contribution < -0.4 is 5.32 Å². The Bertz CT molecular complexity index is 828. The maximum atomic E-state index is 12.9. The van der Waals surface area contributed by atoms with Crippen LogP contribution in [0.5, 0.6) is 0 Å². The summed E-state index contributed by atoms with van der Waals surface area (Å²) in [6.45, 7) is 0. The largest absolute Gasteiger partial charge is 0.462 e. The van der Waals surface area contributed by atoms with E-state index in [0.29, 0.717) is 17.3 Å². The molecule has 3 aliphatic carbocycles. The molecule has 1 N–H and O–H groups in total. The molecule has 4 aliphatic rings. The van der Waals surface area contributed by atoms with Gasteiger partial charge in [-0.3, -0.25) is 14.4 Å². The van der Waals surface area contributed by atoms with Crippen molar-refractivity contribution in [3.8, 4) is 0 Å². The molecule has 1 aliphatic heterocycles. The first-order valence-corrected chi connectivity index (χ1v) is 10.9. The van der Waals surface area contributed by atoms with Crippen LogP contribution in [0, 0.1) is 23.7 Å². The molecule has 154 valence electrons. The molecule has 2 bridgehead atoms. The highest BCUT2D eigenvalue weighted by atomic mass is 16.6. The van der Waals surface area contributed by atoms with E-state index in [1.807, 2.05) is 11.9 Å². The van der Waals surface area contributed by atoms with Gasteiger partial charge in [-0.2, -0.15) is 0 Å². The Balaban J connectivity index is 1.23. The average Bonchev–Trinajstić information content (AvgIpc) is 3.36. The molecular weight excluding hydrogens is 368 g/mol. The highest BCUT2D eigenvalue weighted by Crippen LogP contribution is 2.57. The van der Waals surface area contributed by atoms with E-state index in [2.05, 4.69) is 5.32 Å². The van der Waals surface area contributed by atoms with E-state index in [0.717, 1.165) is 25.7 Å². The van der Waals surface area contributed by atoms with Crippen molar-refractivity contribution in [1.29, 1.82) is 0 Å². The quantitative estimate of drug-likeness (QED) is 0.793. The van der Waals surface area contributed by atoms with Crippen molar-refractivity contribution in [3.63, 3.8) is 0 Å². The monoisotopic (exact) mass is 396 g/mol. The average molecular weight is 396 g/mol. The first-order chi connectivity index (χ1) is 14.0. The molecule has 2 amide bonds. The summed E-state index contributed by atoms with van der Waals surface area (Å²) in [5.74, 6) is -0.369. The summed E-state index contributed by atoms with van der Waals surface area (Å²) in [7, 11) is 1.89. The van der Waals surface area contributed by atoms with Crippen LogP contribution in [-0.4, -0.2) is 41.9 Å². The van der Waals surface area contributed by atoms with Crippen LogP contribution in [-0.2, 0) is 14.3 Å². The van der Waals surface area contributed by atoms with Crippen molar-refractivity contribution in [3.05, 3.63) is 29.8 Å². The van der Waals surface area contributed by atoms with Crippen LogP contribution in [0.1, 0.15) is 55.3 Å². The smallest absolute Gasteiger partial charge is 0.310 e. The lowest BCUT2D eigenvalue weighted by molar-refractivity contribution is -0.145. The Labute approximate surface area is 171 Å². The van der Waals surface area contributed by atoms with Crippen molar-refractivity contribution in [2.45, 2.75) is 57.1 Å². The van der Waals surface area contributed by atoms with Crippen LogP contribution >= 0.6 is 0 Å². The zero-order valence-corrected chi connectivity index (χ0v) is 16.8. The minimum atomic E-state index is -0.287. The minimum Gasteiger partial charge on any atom is -0.462 e. The molecule has 6 heteroatoms. The van der Waals surface area contributed by atoms with Gasteiger partial charge in [0.1, 0.15) is 6.10 Å². The maximum absolute atomic E-state index is 12.9. The number of carbonyl (C=O) groups excluding carboxylic acids is 3. The molecule has 0 unspecified atom stereocenters. The van der Waals surface area contributed by atoms with Gasteiger partial charge in [0.15, 0.2) is 0 Å². The summed E-state index contributed by atoms with van der Waals surface area (Å²) in [6.07, 6.45) is 7.54. The number of esters is 1. The lowest BCUT2D eigenvalue weighted by Gasteiger charge is -2.31. The van der Waals surface area contributed by atoms with E-state index >= 15 is 0 Å². The second kappa shape index (κ2) is 7.15. The third-order valence-corrected chi connectivity index (χ3v) is 7.63. The Hall–Kier alpha value is -2.37. The van der Waals surface area contributed by atoms with Gasteiger partial charge in [0, 0.05) is 30.3 Å². The van der Waals surface area contributed by atoms with Crippen molar-refractivity contribution in [2.75, 3.05) is 12.4 Å². The minimum absolute atomic E-state index is 0.0302. The Morgan fingerprint density at radius 1 is 1.07 bits per heavy atom. The molecule has 29 heavy (non-hydrogen) atoms. The normalized spacial score (nSPS) is 32.9. The highest BCUT2D eigenvalue weighted by Gasteiger charge is 2.63. The maximum Gasteiger partial charge on any atom is 0.310 e. The van der Waals surface area contributed by atoms with Crippen molar-refractivity contribution < 1.29 is 19.1 Å². The summed E-state index contributed by atoms with van der Waals surface area (Å²) >= 11 is 0. The number of nitrogens with zero attached hydrogens (tertiary/aromatic N) is 1. The molecule has 5 rings (SSSR count). The summed E-state index contributed by atoms with van der Waals surface area (Å²) in [6, 6.07) is 7.44. The molecule has 1 heterocycles. The van der Waals surface area contributed by atoms with Gasteiger partial charge < -0.3 is 15.0 Å². The van der Waals surface area contributed by atoms with Gasteiger partial charge in [0.05, 0.1) is 11.8 Å². The fourth-order valence-electron chi connectivity index (χ4n) is 6.12. The molecule has 4 fully saturated rings. The zero-order valence-electron chi connectivity index (χ0n) is 16.8. The van der Waals surface area contributed by atoms with Crippen LogP contribution in [0.3, 0.4) is 0 Å². The molecule has 0 aromatic heterocycles. The molecule has 0 radical (unpaired) electrons. The Morgan fingerprint density at radius 2 is 1.79 bits per heavy atom. The van der Waals surface area contributed by atoms with Gasteiger partial charge in [-0.1, -0.05) is 19.3 Å². The van der Waals surface area contributed by atoms with E-state index in [9.17, 15) is 14.4 Å². The first kappa shape index (κ1) is 18.6. The summed E-state index contributed by atoms with van der Waals surface area (Å²) in [5.41, 5.74) is 1.30. The number of hydrogen-bond donors (Lipinski definition) is 1. The first-order valence-electron chi connectivity index (χ1n) is 10.9. The third-order valence-electron chi connectivity index (χ3n) is 7.63. The van der Waals surface area contributed by atoms with E-state index in [4.69, 9.17) is 4.74 Å². The Kier molecular flexibility index (Phi) is 4.60. The number of fused-ring (bicyclic) bond motifs is 1. The second-order valence-corrected chi connectivity index (χ2v) is 9.20. The van der Waals surface area contributed by atoms with E-state index in [1.54, 1.807) is 24.3 Å². The van der Waals surface area contributed by atoms with Crippen LogP contribution in [0.2, 0.25) is 0 Å². The number of hydrogen-bond acceptors (Lipinski definition) is 4. The SMILES string of the molecule is CN(C(=O)c1ccc(NC(=O)[C@H]2[C@@H]3C[C@H]4[C@@H]2C(=O)O[C@@H]4C3)cc1)C1CCCCC1. The zero-order chi connectivity index (χ0) is 20.1. The van der Waals surface area contributed by atoms with Crippen molar-refractivity contribution in [2.24, 2.45) is 23.7 Å². The predicted octanol–water partition coefficient (Wildman–Crippen LogP) is 3.23. The van der Waals surface area contributed by atoms with E-state index in [1.165, 1.54) is 19.3 Å². The van der Waals surface area contributed by atoms with Gasteiger partial charge in [-0.25, -0.2) is 0 Å². The van der Waals surface area contributed by atoms with Crippen LogP contribution in [0.4, 0.5) is 5.69 Å². The number of rotatable bonds is 4. The topological polar surface area (TPSA) is 75.7 Å². The molecule has 5 atom stereocenters. The van der Waals surface area contributed by atoms with Gasteiger partial charge in [-0.15, -0.1) is 0 Å². The predicted molar refractivity (Wildman–Crippen MR) is 107 cm³/mol. The van der Waals surface area contributed by atoms with Gasteiger partial charge in [-0.05, 0) is 55.9 Å². The molecule has 3 saturated carbocycles. The van der Waals surface area contributed by atoms with E-state index < -0.39 is 0 Å². The molecular formula is C23H28N2O4.